The number of hydrazine groups is 1. The van der Waals surface area contributed by atoms with Crippen molar-refractivity contribution in [3.05, 3.63) is 64.7 Å². The fourth-order valence-electron chi connectivity index (χ4n) is 1.67. The summed E-state index contributed by atoms with van der Waals surface area (Å²) in [5.41, 5.74) is 4.96. The lowest BCUT2D eigenvalue weighted by molar-refractivity contribution is -0.109. The molecule has 5 heteroatoms. The Balaban J connectivity index is 0.000000491. The Labute approximate surface area is 129 Å². The van der Waals surface area contributed by atoms with Gasteiger partial charge in [-0.05, 0) is 17.7 Å². The number of anilines is 1. The predicted molar refractivity (Wildman–Crippen MR) is 89.8 cm³/mol. The third-order valence-electron chi connectivity index (χ3n) is 2.63. The van der Waals surface area contributed by atoms with E-state index in [9.17, 15) is 0 Å². The lowest BCUT2D eigenvalue weighted by Crippen LogP contribution is -2.18. The van der Waals surface area contributed by atoms with Gasteiger partial charge in [0, 0.05) is 23.3 Å². The van der Waals surface area contributed by atoms with Gasteiger partial charge in [0.05, 0.1) is 0 Å². The summed E-state index contributed by atoms with van der Waals surface area (Å²) in [4.78, 5) is 8.94. The van der Waals surface area contributed by atoms with Gasteiger partial charge in [0.2, 0.25) is 6.41 Å². The second-order valence-electron chi connectivity index (χ2n) is 3.98. The molecular formula is C16H18ClN3O. The second-order valence-corrected chi connectivity index (χ2v) is 4.39. The molecule has 2 aromatic carbocycles. The van der Waals surface area contributed by atoms with Crippen molar-refractivity contribution in [1.82, 2.24) is 5.43 Å². The zero-order valence-corrected chi connectivity index (χ0v) is 12.5. The normalized spacial score (nSPS) is 9.67. The molecule has 0 aliphatic heterocycles. The van der Waals surface area contributed by atoms with Crippen molar-refractivity contribution in [2.45, 2.75) is 0 Å². The quantitative estimate of drug-likeness (QED) is 0.267. The smallest absolute Gasteiger partial charge is 0.221 e. The molecule has 0 bridgehead atoms. The van der Waals surface area contributed by atoms with E-state index in [1.807, 2.05) is 49.5 Å². The van der Waals surface area contributed by atoms with Gasteiger partial charge >= 0.3 is 0 Å². The van der Waals surface area contributed by atoms with Gasteiger partial charge in [-0.1, -0.05) is 60.2 Å². The van der Waals surface area contributed by atoms with Crippen LogP contribution < -0.4 is 16.6 Å². The van der Waals surface area contributed by atoms with E-state index in [2.05, 4.69) is 29.4 Å². The van der Waals surface area contributed by atoms with E-state index < -0.39 is 0 Å². The Morgan fingerprint density at radius 1 is 1.05 bits per heavy atom. The zero-order chi connectivity index (χ0) is 15.5. The number of nitrogens with one attached hydrogen (secondary N) is 2. The first kappa shape index (κ1) is 16.8. The van der Waals surface area contributed by atoms with Crippen molar-refractivity contribution in [1.29, 1.82) is 0 Å². The minimum Gasteiger partial charge on any atom is -0.388 e. The number of carbonyl (C=O) groups excluding carboxylic acids is 1. The molecule has 0 spiro atoms. The molecule has 4 nitrogen and oxygen atoms in total. The van der Waals surface area contributed by atoms with Gasteiger partial charge in [0.15, 0.2) is 0 Å². The van der Waals surface area contributed by atoms with Gasteiger partial charge in [-0.15, -0.1) is 0 Å². The van der Waals surface area contributed by atoms with E-state index in [1.54, 1.807) is 5.43 Å². The van der Waals surface area contributed by atoms with E-state index in [-0.39, 0.29) is 0 Å². The van der Waals surface area contributed by atoms with Crippen molar-refractivity contribution in [3.8, 4) is 0 Å². The number of hydrogen-bond acceptors (Lipinski definition) is 3. The van der Waals surface area contributed by atoms with Crippen LogP contribution in [0.25, 0.3) is 12.2 Å². The van der Waals surface area contributed by atoms with Gasteiger partial charge in [-0.2, -0.15) is 0 Å². The highest BCUT2D eigenvalue weighted by Gasteiger charge is 2.01. The summed E-state index contributed by atoms with van der Waals surface area (Å²) in [6, 6.07) is 16.0. The van der Waals surface area contributed by atoms with Crippen LogP contribution in [0, 0.1) is 0 Å². The molecule has 1 amide bonds. The number of carbonyl (C=O) groups is 1. The minimum absolute atomic E-state index is 0.403. The monoisotopic (exact) mass is 303 g/mol. The van der Waals surface area contributed by atoms with Crippen molar-refractivity contribution in [2.75, 3.05) is 12.4 Å². The fourth-order valence-corrected chi connectivity index (χ4v) is 1.91. The number of hydrogen-bond donors (Lipinski definition) is 3. The molecule has 2 aromatic rings. The zero-order valence-electron chi connectivity index (χ0n) is 11.7. The highest BCUT2D eigenvalue weighted by atomic mass is 35.5. The highest BCUT2D eigenvalue weighted by molar-refractivity contribution is 6.32. The van der Waals surface area contributed by atoms with Crippen LogP contribution in [-0.2, 0) is 4.79 Å². The number of halogens is 1. The summed E-state index contributed by atoms with van der Waals surface area (Å²) in [5, 5.41) is 3.89. The van der Waals surface area contributed by atoms with Crippen molar-refractivity contribution < 1.29 is 4.79 Å². The van der Waals surface area contributed by atoms with Crippen LogP contribution >= 0.6 is 11.6 Å². The molecule has 0 unspecified atom stereocenters. The standard InChI is InChI=1S/C15H14ClN.CH4N2O/c1-17-15-9-5-8-14(16)13(15)11-10-12-6-3-2-4-7-12;2-3-1-4/h2-11,17H,1H3;1H,2H2,(H,3,4)/b11-10+;. The first-order chi connectivity index (χ1) is 10.2. The van der Waals surface area contributed by atoms with E-state index in [4.69, 9.17) is 16.4 Å². The lowest BCUT2D eigenvalue weighted by atomic mass is 10.1. The van der Waals surface area contributed by atoms with Crippen LogP contribution in [0.3, 0.4) is 0 Å². The summed E-state index contributed by atoms with van der Waals surface area (Å²) in [5.74, 6) is 4.41. The lowest BCUT2D eigenvalue weighted by Gasteiger charge is -2.06. The molecule has 0 aliphatic rings. The Bertz CT molecular complexity index is 585. The van der Waals surface area contributed by atoms with Gasteiger partial charge in [0.1, 0.15) is 0 Å². The fraction of sp³-hybridized carbons (Fsp3) is 0.0625. The van der Waals surface area contributed by atoms with E-state index in [0.717, 1.165) is 21.8 Å². The molecule has 2 rings (SSSR count). The van der Waals surface area contributed by atoms with Crippen LogP contribution in [0.2, 0.25) is 5.02 Å². The first-order valence-corrected chi connectivity index (χ1v) is 6.70. The van der Waals surface area contributed by atoms with Crippen LogP contribution in [0.15, 0.2) is 48.5 Å². The number of amides is 1. The predicted octanol–water partition coefficient (Wildman–Crippen LogP) is 3.16. The number of nitrogens with two attached hydrogens (primary N) is 1. The highest BCUT2D eigenvalue weighted by Crippen LogP contribution is 2.26. The second kappa shape index (κ2) is 9.58. The molecule has 0 saturated heterocycles. The van der Waals surface area contributed by atoms with Gasteiger partial charge in [0.25, 0.3) is 0 Å². The van der Waals surface area contributed by atoms with Crippen LogP contribution in [-0.4, -0.2) is 13.5 Å². The number of benzene rings is 2. The average molecular weight is 304 g/mol. The maximum absolute atomic E-state index is 8.94. The van der Waals surface area contributed by atoms with Crippen molar-refractivity contribution in [3.63, 3.8) is 0 Å². The van der Waals surface area contributed by atoms with E-state index in [1.165, 1.54) is 0 Å². The van der Waals surface area contributed by atoms with Gasteiger partial charge < -0.3 is 5.32 Å². The molecule has 110 valence electrons. The summed E-state index contributed by atoms with van der Waals surface area (Å²) in [7, 11) is 1.89. The maximum Gasteiger partial charge on any atom is 0.221 e. The summed E-state index contributed by atoms with van der Waals surface area (Å²) < 4.78 is 0. The van der Waals surface area contributed by atoms with Gasteiger partial charge in [-0.25, -0.2) is 5.84 Å². The van der Waals surface area contributed by atoms with E-state index in [0.29, 0.717) is 6.41 Å². The van der Waals surface area contributed by atoms with Crippen LogP contribution in [0.1, 0.15) is 11.1 Å². The Morgan fingerprint density at radius 2 is 1.71 bits per heavy atom. The Hall–Kier alpha value is -2.30. The SMILES string of the molecule is CNc1cccc(Cl)c1/C=C/c1ccccc1.NNC=O. The molecule has 21 heavy (non-hydrogen) atoms. The van der Waals surface area contributed by atoms with E-state index >= 15 is 0 Å². The van der Waals surface area contributed by atoms with Gasteiger partial charge in [-0.3, -0.25) is 10.2 Å². The molecule has 0 radical (unpaired) electrons. The molecule has 0 aliphatic carbocycles. The summed E-state index contributed by atoms with van der Waals surface area (Å²) in [6.07, 6.45) is 4.49. The summed E-state index contributed by atoms with van der Waals surface area (Å²) in [6.45, 7) is 0. The Kier molecular flexibility index (Phi) is 7.64. The number of rotatable bonds is 4. The molecule has 4 N–H and O–H groups in total. The molecule has 0 saturated carbocycles. The third kappa shape index (κ3) is 5.69. The molecule has 0 heterocycles. The van der Waals surface area contributed by atoms with Crippen LogP contribution in [0.4, 0.5) is 5.69 Å². The summed E-state index contributed by atoms with van der Waals surface area (Å²) >= 11 is 6.18. The average Bonchev–Trinajstić information content (AvgIpc) is 2.54. The topological polar surface area (TPSA) is 67.2 Å². The molecular weight excluding hydrogens is 286 g/mol. The van der Waals surface area contributed by atoms with Crippen molar-refractivity contribution >= 4 is 35.9 Å². The van der Waals surface area contributed by atoms with Crippen LogP contribution in [0.5, 0.6) is 0 Å². The molecule has 0 aromatic heterocycles. The van der Waals surface area contributed by atoms with Crippen molar-refractivity contribution in [2.24, 2.45) is 5.84 Å². The third-order valence-corrected chi connectivity index (χ3v) is 2.96. The molecule has 0 atom stereocenters. The minimum atomic E-state index is 0.403. The maximum atomic E-state index is 8.94. The Morgan fingerprint density at radius 3 is 2.29 bits per heavy atom. The molecule has 0 fully saturated rings. The first-order valence-electron chi connectivity index (χ1n) is 6.32. The largest absolute Gasteiger partial charge is 0.388 e.